The van der Waals surface area contributed by atoms with Crippen LogP contribution in [-0.4, -0.2) is 37.3 Å². The highest BCUT2D eigenvalue weighted by Gasteiger charge is 2.40. The van der Waals surface area contributed by atoms with Crippen molar-refractivity contribution < 1.29 is 17.6 Å². The zero-order valence-electron chi connectivity index (χ0n) is 12.8. The topological polar surface area (TPSA) is 66.5 Å². The Morgan fingerprint density at radius 3 is 2.77 bits per heavy atom. The molecule has 1 saturated heterocycles. The first-order valence-electron chi connectivity index (χ1n) is 7.44. The van der Waals surface area contributed by atoms with Gasteiger partial charge in [0.1, 0.15) is 16.8 Å². The lowest BCUT2D eigenvalue weighted by molar-refractivity contribution is -0.124. The van der Waals surface area contributed by atoms with Gasteiger partial charge in [0.2, 0.25) is 15.9 Å². The van der Waals surface area contributed by atoms with Gasteiger partial charge >= 0.3 is 0 Å². The van der Waals surface area contributed by atoms with Gasteiger partial charge in [-0.3, -0.25) is 4.79 Å². The second kappa shape index (κ2) is 6.75. The zero-order valence-corrected chi connectivity index (χ0v) is 13.6. The molecule has 1 aromatic carbocycles. The highest BCUT2D eigenvalue weighted by atomic mass is 32.2. The number of rotatable bonds is 5. The fourth-order valence-corrected chi connectivity index (χ4v) is 4.23. The van der Waals surface area contributed by atoms with Gasteiger partial charge in [-0.2, -0.15) is 4.31 Å². The van der Waals surface area contributed by atoms with E-state index in [9.17, 15) is 17.6 Å². The highest BCUT2D eigenvalue weighted by molar-refractivity contribution is 7.89. The van der Waals surface area contributed by atoms with Gasteiger partial charge in [0.25, 0.3) is 0 Å². The van der Waals surface area contributed by atoms with E-state index in [0.717, 1.165) is 16.8 Å². The summed E-state index contributed by atoms with van der Waals surface area (Å²) in [4.78, 5) is 11.9. The number of carbonyl (C=O) groups excluding carboxylic acids is 1. The van der Waals surface area contributed by atoms with E-state index in [2.05, 4.69) is 5.32 Å². The van der Waals surface area contributed by atoms with Crippen molar-refractivity contribution in [2.45, 2.75) is 50.1 Å². The Morgan fingerprint density at radius 1 is 1.45 bits per heavy atom. The van der Waals surface area contributed by atoms with Crippen molar-refractivity contribution in [1.82, 2.24) is 9.62 Å². The summed E-state index contributed by atoms with van der Waals surface area (Å²) in [6.45, 7) is 4.03. The Kier molecular flexibility index (Phi) is 5.18. The maximum absolute atomic E-state index is 13.8. The fraction of sp³-hybridized carbons (Fsp3) is 0.533. The molecule has 122 valence electrons. The van der Waals surface area contributed by atoms with Crippen molar-refractivity contribution in [3.8, 4) is 0 Å². The average Bonchev–Trinajstić information content (AvgIpc) is 2.97. The molecule has 1 heterocycles. The lowest BCUT2D eigenvalue weighted by Crippen LogP contribution is -2.48. The molecule has 2 atom stereocenters. The van der Waals surface area contributed by atoms with Gasteiger partial charge in [0.05, 0.1) is 0 Å². The summed E-state index contributed by atoms with van der Waals surface area (Å²) in [5.74, 6) is -1.11. The minimum Gasteiger partial charge on any atom is -0.352 e. The third-order valence-electron chi connectivity index (χ3n) is 3.93. The van der Waals surface area contributed by atoms with Gasteiger partial charge in [-0.05, 0) is 38.3 Å². The van der Waals surface area contributed by atoms with Gasteiger partial charge in [-0.25, -0.2) is 12.8 Å². The summed E-state index contributed by atoms with van der Waals surface area (Å²) in [7, 11) is -4.01. The molecule has 0 spiro atoms. The predicted octanol–water partition coefficient (Wildman–Crippen LogP) is 1.89. The molecule has 1 aromatic rings. The lowest BCUT2D eigenvalue weighted by atomic mass is 10.2. The van der Waals surface area contributed by atoms with Crippen LogP contribution in [-0.2, 0) is 14.8 Å². The number of nitrogens with zero attached hydrogens (tertiary/aromatic N) is 1. The van der Waals surface area contributed by atoms with Crippen LogP contribution in [0.5, 0.6) is 0 Å². The largest absolute Gasteiger partial charge is 0.352 e. The van der Waals surface area contributed by atoms with Crippen LogP contribution in [0.4, 0.5) is 4.39 Å². The predicted molar refractivity (Wildman–Crippen MR) is 81.2 cm³/mol. The second-order valence-electron chi connectivity index (χ2n) is 5.52. The normalized spacial score (nSPS) is 20.8. The maximum atomic E-state index is 13.8. The van der Waals surface area contributed by atoms with Crippen LogP contribution in [0.1, 0.15) is 33.1 Å². The molecule has 1 amide bonds. The van der Waals surface area contributed by atoms with Crippen LogP contribution in [0.2, 0.25) is 0 Å². The summed E-state index contributed by atoms with van der Waals surface area (Å²) in [5.41, 5.74) is 0. The van der Waals surface area contributed by atoms with E-state index >= 15 is 0 Å². The summed E-state index contributed by atoms with van der Waals surface area (Å²) >= 11 is 0. The molecule has 2 rings (SSSR count). The van der Waals surface area contributed by atoms with Crippen molar-refractivity contribution in [2.24, 2.45) is 0 Å². The van der Waals surface area contributed by atoms with Gasteiger partial charge in [-0.1, -0.05) is 19.1 Å². The molecule has 0 aromatic heterocycles. The molecule has 5 nitrogen and oxygen atoms in total. The lowest BCUT2D eigenvalue weighted by Gasteiger charge is -2.24. The Bertz CT molecular complexity index is 648. The summed E-state index contributed by atoms with van der Waals surface area (Å²) in [6.07, 6.45) is 1.81. The molecule has 0 bridgehead atoms. The fourth-order valence-electron chi connectivity index (χ4n) is 2.51. The average molecular weight is 328 g/mol. The van der Waals surface area contributed by atoms with Crippen molar-refractivity contribution in [1.29, 1.82) is 0 Å². The SMILES string of the molecule is CCC(C)NC(=O)C1CCCN1S(=O)(=O)c1ccccc1F. The smallest absolute Gasteiger partial charge is 0.246 e. The van der Waals surface area contributed by atoms with Crippen molar-refractivity contribution >= 4 is 15.9 Å². The summed E-state index contributed by atoms with van der Waals surface area (Å²) < 4.78 is 40.2. The number of carbonyl (C=O) groups is 1. The first-order chi connectivity index (χ1) is 10.4. The Labute approximate surface area is 130 Å². The molecular weight excluding hydrogens is 307 g/mol. The third kappa shape index (κ3) is 3.30. The Morgan fingerprint density at radius 2 is 2.14 bits per heavy atom. The molecule has 22 heavy (non-hydrogen) atoms. The van der Waals surface area contributed by atoms with E-state index in [0.29, 0.717) is 12.8 Å². The molecule has 1 fully saturated rings. The number of hydrogen-bond acceptors (Lipinski definition) is 3. The van der Waals surface area contributed by atoms with Crippen molar-refractivity contribution in [2.75, 3.05) is 6.54 Å². The standard InChI is InChI=1S/C15H21FN2O3S/c1-3-11(2)17-15(19)13-8-6-10-18(13)22(20,21)14-9-5-4-7-12(14)16/h4-5,7,9,11,13H,3,6,8,10H2,1-2H3,(H,17,19). The van der Waals surface area contributed by atoms with Crippen molar-refractivity contribution in [3.63, 3.8) is 0 Å². The highest BCUT2D eigenvalue weighted by Crippen LogP contribution is 2.27. The third-order valence-corrected chi connectivity index (χ3v) is 5.87. The van der Waals surface area contributed by atoms with E-state index in [4.69, 9.17) is 0 Å². The second-order valence-corrected chi connectivity index (χ2v) is 7.38. The van der Waals surface area contributed by atoms with Crippen LogP contribution < -0.4 is 5.32 Å². The first kappa shape index (κ1) is 16.9. The monoisotopic (exact) mass is 328 g/mol. The minimum atomic E-state index is -4.01. The number of halogens is 1. The molecule has 0 aliphatic carbocycles. The van der Waals surface area contributed by atoms with Crippen LogP contribution >= 0.6 is 0 Å². The van der Waals surface area contributed by atoms with Gasteiger partial charge in [0.15, 0.2) is 0 Å². The number of hydrogen-bond donors (Lipinski definition) is 1. The van der Waals surface area contributed by atoms with Crippen molar-refractivity contribution in [3.05, 3.63) is 30.1 Å². The van der Waals surface area contributed by atoms with Crippen LogP contribution in [0, 0.1) is 5.82 Å². The van der Waals surface area contributed by atoms with E-state index < -0.39 is 21.9 Å². The van der Waals surface area contributed by atoms with Gasteiger partial charge in [0, 0.05) is 12.6 Å². The molecule has 7 heteroatoms. The van der Waals surface area contributed by atoms with E-state index in [1.54, 1.807) is 0 Å². The summed E-state index contributed by atoms with van der Waals surface area (Å²) in [5, 5.41) is 2.80. The first-order valence-corrected chi connectivity index (χ1v) is 8.88. The van der Waals surface area contributed by atoms with Crippen LogP contribution in [0.15, 0.2) is 29.2 Å². The zero-order chi connectivity index (χ0) is 16.3. The Balaban J connectivity index is 2.27. The molecule has 2 unspecified atom stereocenters. The number of benzene rings is 1. The van der Waals surface area contributed by atoms with E-state index in [1.165, 1.54) is 18.2 Å². The van der Waals surface area contributed by atoms with Gasteiger partial charge < -0.3 is 5.32 Å². The minimum absolute atomic E-state index is 0.0221. The van der Waals surface area contributed by atoms with Crippen LogP contribution in [0.25, 0.3) is 0 Å². The molecule has 0 radical (unpaired) electrons. The molecule has 0 saturated carbocycles. The molecule has 1 N–H and O–H groups in total. The molecule has 1 aliphatic heterocycles. The number of amides is 1. The molecular formula is C15H21FN2O3S. The quantitative estimate of drug-likeness (QED) is 0.897. The van der Waals surface area contributed by atoms with Gasteiger partial charge in [-0.15, -0.1) is 0 Å². The Hall–Kier alpha value is -1.47. The van der Waals surface area contributed by atoms with Crippen LogP contribution in [0.3, 0.4) is 0 Å². The summed E-state index contributed by atoms with van der Waals surface area (Å²) in [6, 6.07) is 4.46. The number of nitrogens with one attached hydrogen (secondary N) is 1. The maximum Gasteiger partial charge on any atom is 0.246 e. The van der Waals surface area contributed by atoms with E-state index in [1.807, 2.05) is 13.8 Å². The number of sulfonamides is 1. The van der Waals surface area contributed by atoms with E-state index in [-0.39, 0.29) is 23.4 Å². The molecule has 1 aliphatic rings.